The van der Waals surface area contributed by atoms with Crippen LogP contribution >= 0.6 is 0 Å². The van der Waals surface area contributed by atoms with Gasteiger partial charge in [-0.05, 0) is 0 Å². The molecule has 2 unspecified atom stereocenters. The Kier molecular flexibility index (Phi) is 9.16. The topological polar surface area (TPSA) is 9.23 Å². The third kappa shape index (κ3) is 6.48. The van der Waals surface area contributed by atoms with Gasteiger partial charge in [-0.3, -0.25) is 0 Å². The van der Waals surface area contributed by atoms with Crippen molar-refractivity contribution in [2.75, 3.05) is 7.11 Å². The number of hydrogen-bond donors (Lipinski definition) is 0. The summed E-state index contributed by atoms with van der Waals surface area (Å²) in [5.41, 5.74) is 1.56. The van der Waals surface area contributed by atoms with Crippen LogP contribution in [0.2, 0.25) is 17.7 Å². The summed E-state index contributed by atoms with van der Waals surface area (Å²) in [5.74, 6) is 2.85. The predicted octanol–water partition coefficient (Wildman–Crippen LogP) is 7.65. The Morgan fingerprint density at radius 3 is 1.84 bits per heavy atom. The number of hydrogen-bond acceptors (Lipinski definition) is 1. The van der Waals surface area contributed by atoms with Crippen molar-refractivity contribution in [1.82, 2.24) is 0 Å². The quantitative estimate of drug-likeness (QED) is 0.280. The third-order valence-corrected chi connectivity index (χ3v) is 22.4. The fourth-order valence-corrected chi connectivity index (χ4v) is 22.4. The molecule has 0 amide bonds. The van der Waals surface area contributed by atoms with Crippen molar-refractivity contribution >= 4 is 18.4 Å². The summed E-state index contributed by atoms with van der Waals surface area (Å²) in [6.45, 7) is 7.15. The summed E-state index contributed by atoms with van der Waals surface area (Å²) in [5, 5.41) is 0. The molecule has 1 saturated carbocycles. The number of methoxy groups -OCH3 is 1. The van der Waals surface area contributed by atoms with E-state index in [9.17, 15) is 0 Å². The fourth-order valence-electron chi connectivity index (χ4n) is 4.63. The summed E-state index contributed by atoms with van der Waals surface area (Å²) in [7, 11) is 1.76. The molecule has 2 heteroatoms. The molecule has 0 N–H and O–H groups in total. The molecule has 1 aromatic carbocycles. The van der Waals surface area contributed by atoms with Gasteiger partial charge in [-0.1, -0.05) is 0 Å². The number of benzene rings is 1. The van der Waals surface area contributed by atoms with Gasteiger partial charge >= 0.3 is 161 Å². The SMILES string of the molecule is CCC[CH2][Sn]([CH2]CCC)([CH2]CCC)[CH2]C1CC1c1ccc(OC)cc1. The molecule has 1 aliphatic rings. The van der Waals surface area contributed by atoms with Gasteiger partial charge in [-0.15, -0.1) is 0 Å². The van der Waals surface area contributed by atoms with Gasteiger partial charge in [-0.2, -0.15) is 0 Å². The van der Waals surface area contributed by atoms with Gasteiger partial charge in [0.05, 0.1) is 0 Å². The van der Waals surface area contributed by atoms with Crippen molar-refractivity contribution in [2.24, 2.45) is 5.92 Å². The van der Waals surface area contributed by atoms with Gasteiger partial charge < -0.3 is 0 Å². The van der Waals surface area contributed by atoms with Crippen molar-refractivity contribution < 1.29 is 4.74 Å². The molecule has 1 aliphatic carbocycles. The van der Waals surface area contributed by atoms with Crippen LogP contribution in [0.3, 0.4) is 0 Å². The second kappa shape index (κ2) is 10.8. The van der Waals surface area contributed by atoms with Crippen molar-refractivity contribution in [1.29, 1.82) is 0 Å². The zero-order valence-electron chi connectivity index (χ0n) is 17.2. The van der Waals surface area contributed by atoms with Crippen molar-refractivity contribution in [3.8, 4) is 5.75 Å². The van der Waals surface area contributed by atoms with Crippen LogP contribution in [0.4, 0.5) is 0 Å². The van der Waals surface area contributed by atoms with E-state index in [1.54, 1.807) is 30.4 Å². The average molecular weight is 451 g/mol. The molecule has 0 heterocycles. The Balaban J connectivity index is 2.01. The monoisotopic (exact) mass is 452 g/mol. The Morgan fingerprint density at radius 2 is 1.40 bits per heavy atom. The maximum absolute atomic E-state index is 5.32. The van der Waals surface area contributed by atoms with Crippen molar-refractivity contribution in [3.05, 3.63) is 29.8 Å². The molecule has 142 valence electrons. The molecule has 1 aromatic rings. The van der Waals surface area contributed by atoms with E-state index >= 15 is 0 Å². The van der Waals surface area contributed by atoms with E-state index in [0.717, 1.165) is 17.6 Å². The molecule has 1 nitrogen and oxygen atoms in total. The summed E-state index contributed by atoms with van der Waals surface area (Å²) in [4.78, 5) is 0. The van der Waals surface area contributed by atoms with Gasteiger partial charge in [0.2, 0.25) is 0 Å². The van der Waals surface area contributed by atoms with Crippen LogP contribution < -0.4 is 4.74 Å². The molecule has 1 fully saturated rings. The van der Waals surface area contributed by atoms with E-state index in [4.69, 9.17) is 4.74 Å². The van der Waals surface area contributed by atoms with E-state index in [-0.39, 0.29) is 0 Å². The maximum atomic E-state index is 5.32. The average Bonchev–Trinajstić information content (AvgIpc) is 3.41. The molecule has 0 saturated heterocycles. The van der Waals surface area contributed by atoms with Crippen LogP contribution in [0.5, 0.6) is 5.75 Å². The van der Waals surface area contributed by atoms with Crippen LogP contribution in [-0.2, 0) is 0 Å². The Labute approximate surface area is 160 Å². The molecule has 0 aromatic heterocycles. The van der Waals surface area contributed by atoms with E-state index in [1.165, 1.54) is 44.9 Å². The summed E-state index contributed by atoms with van der Waals surface area (Å²) in [6, 6.07) is 8.91. The summed E-state index contributed by atoms with van der Waals surface area (Å²) < 4.78 is 12.0. The molecular formula is C23H40OSn. The second-order valence-corrected chi connectivity index (χ2v) is 22.4. The Morgan fingerprint density at radius 1 is 0.880 bits per heavy atom. The standard InChI is InChI=1S/C11H13O.3C4H9.Sn/c1-8-7-11(8)9-3-5-10(12-2)6-4-9;3*1-3-4-2;/h3-6,8,11H,1,7H2,2H3;3*1,3-4H2,2H3;. The number of rotatable bonds is 13. The molecule has 0 aliphatic heterocycles. The molecule has 0 radical (unpaired) electrons. The first-order valence-corrected chi connectivity index (χ1v) is 18.9. The Bertz CT molecular complexity index is 460. The normalized spacial score (nSPS) is 19.8. The van der Waals surface area contributed by atoms with E-state index < -0.39 is 18.4 Å². The zero-order valence-corrected chi connectivity index (χ0v) is 20.0. The minimum absolute atomic E-state index is 0.854. The molecular weight excluding hydrogens is 411 g/mol. The van der Waals surface area contributed by atoms with Gasteiger partial charge in [0, 0.05) is 0 Å². The Hall–Kier alpha value is -0.181. The van der Waals surface area contributed by atoms with Crippen molar-refractivity contribution in [3.63, 3.8) is 0 Å². The molecule has 0 spiro atoms. The van der Waals surface area contributed by atoms with Crippen LogP contribution in [0, 0.1) is 5.92 Å². The first kappa shape index (κ1) is 21.1. The number of ether oxygens (including phenoxy) is 1. The first-order valence-electron chi connectivity index (χ1n) is 10.8. The van der Waals surface area contributed by atoms with Crippen LogP contribution in [0.25, 0.3) is 0 Å². The van der Waals surface area contributed by atoms with Gasteiger partial charge in [0.1, 0.15) is 0 Å². The second-order valence-electron chi connectivity index (χ2n) is 8.39. The van der Waals surface area contributed by atoms with E-state index in [2.05, 4.69) is 45.0 Å². The number of unbranched alkanes of at least 4 members (excludes halogenated alkanes) is 3. The minimum atomic E-state index is -1.94. The van der Waals surface area contributed by atoms with E-state index in [0.29, 0.717) is 0 Å². The first-order chi connectivity index (χ1) is 12.2. The van der Waals surface area contributed by atoms with Crippen LogP contribution in [0.15, 0.2) is 24.3 Å². The van der Waals surface area contributed by atoms with E-state index in [1.807, 2.05) is 0 Å². The van der Waals surface area contributed by atoms with Crippen LogP contribution in [0.1, 0.15) is 77.2 Å². The van der Waals surface area contributed by atoms with Gasteiger partial charge in [0.15, 0.2) is 0 Å². The fraction of sp³-hybridized carbons (Fsp3) is 0.739. The zero-order chi connectivity index (χ0) is 18.1. The van der Waals surface area contributed by atoms with Crippen molar-refractivity contribution in [2.45, 2.75) is 89.4 Å². The predicted molar refractivity (Wildman–Crippen MR) is 114 cm³/mol. The van der Waals surface area contributed by atoms with Gasteiger partial charge in [-0.25, -0.2) is 0 Å². The summed E-state index contributed by atoms with van der Waals surface area (Å²) in [6.07, 6.45) is 10.1. The molecule has 2 rings (SSSR count). The van der Waals surface area contributed by atoms with Gasteiger partial charge in [0.25, 0.3) is 0 Å². The molecule has 25 heavy (non-hydrogen) atoms. The summed E-state index contributed by atoms with van der Waals surface area (Å²) >= 11 is -1.94. The molecule has 2 atom stereocenters. The van der Waals surface area contributed by atoms with Crippen LogP contribution in [-0.4, -0.2) is 25.5 Å². The third-order valence-electron chi connectivity index (χ3n) is 6.34. The molecule has 0 bridgehead atoms.